The van der Waals surface area contributed by atoms with Gasteiger partial charge in [0.05, 0.1) is 11.3 Å². The number of nitrogens with zero attached hydrogens (tertiary/aromatic N) is 5. The third-order valence-electron chi connectivity index (χ3n) is 4.28. The molecule has 0 atom stereocenters. The normalized spacial score (nSPS) is 14.5. The zero-order valence-corrected chi connectivity index (χ0v) is 14.7. The Kier molecular flexibility index (Phi) is 4.69. The molecule has 0 bridgehead atoms. The molecule has 8 nitrogen and oxygen atoms in total. The van der Waals surface area contributed by atoms with Gasteiger partial charge in [0.1, 0.15) is 5.69 Å². The molecule has 3 heterocycles. The van der Waals surface area contributed by atoms with Crippen molar-refractivity contribution in [3.8, 4) is 0 Å². The number of carbonyl (C=O) groups is 2. The summed E-state index contributed by atoms with van der Waals surface area (Å²) in [5.74, 6) is 0.456. The van der Waals surface area contributed by atoms with Gasteiger partial charge >= 0.3 is 0 Å². The van der Waals surface area contributed by atoms with E-state index in [1.54, 1.807) is 39.2 Å². The Hall–Kier alpha value is -2.90. The lowest BCUT2D eigenvalue weighted by Crippen LogP contribution is -2.50. The van der Waals surface area contributed by atoms with Crippen LogP contribution in [0.5, 0.6) is 0 Å². The molecular formula is C17H22N6O2. The molecule has 0 aliphatic carbocycles. The molecule has 132 valence electrons. The van der Waals surface area contributed by atoms with Gasteiger partial charge in [-0.2, -0.15) is 0 Å². The highest BCUT2D eigenvalue weighted by molar-refractivity contribution is 5.96. The van der Waals surface area contributed by atoms with E-state index in [0.717, 1.165) is 0 Å². The van der Waals surface area contributed by atoms with Crippen LogP contribution < -0.4 is 4.90 Å². The fourth-order valence-electron chi connectivity index (χ4n) is 2.80. The second-order valence-corrected chi connectivity index (χ2v) is 6.23. The highest BCUT2D eigenvalue weighted by Gasteiger charge is 2.27. The van der Waals surface area contributed by atoms with Crippen molar-refractivity contribution in [1.82, 2.24) is 24.8 Å². The van der Waals surface area contributed by atoms with E-state index in [2.05, 4.69) is 15.0 Å². The number of rotatable bonds is 3. The monoisotopic (exact) mass is 342 g/mol. The lowest BCUT2D eigenvalue weighted by molar-refractivity contribution is 0.0531. The van der Waals surface area contributed by atoms with Crippen molar-refractivity contribution in [3.63, 3.8) is 0 Å². The van der Waals surface area contributed by atoms with Gasteiger partial charge in [-0.05, 0) is 19.1 Å². The van der Waals surface area contributed by atoms with E-state index in [-0.39, 0.29) is 11.8 Å². The molecule has 1 fully saturated rings. The molecule has 1 saturated heterocycles. The van der Waals surface area contributed by atoms with Crippen LogP contribution in [0.15, 0.2) is 24.5 Å². The quantitative estimate of drug-likeness (QED) is 0.891. The summed E-state index contributed by atoms with van der Waals surface area (Å²) in [5, 5.41) is 0. The minimum Gasteiger partial charge on any atom is -0.357 e. The molecule has 0 aromatic carbocycles. The van der Waals surface area contributed by atoms with E-state index < -0.39 is 0 Å². The van der Waals surface area contributed by atoms with Gasteiger partial charge in [0.15, 0.2) is 0 Å². The minimum absolute atomic E-state index is 0.0352. The first kappa shape index (κ1) is 16.9. The van der Waals surface area contributed by atoms with Crippen LogP contribution in [0.1, 0.15) is 26.5 Å². The summed E-state index contributed by atoms with van der Waals surface area (Å²) in [5.41, 5.74) is 1.74. The highest BCUT2D eigenvalue weighted by atomic mass is 16.2. The molecule has 2 amide bonds. The van der Waals surface area contributed by atoms with Crippen molar-refractivity contribution in [1.29, 1.82) is 0 Å². The number of hydrogen-bond acceptors (Lipinski definition) is 5. The highest BCUT2D eigenvalue weighted by Crippen LogP contribution is 2.14. The second-order valence-electron chi connectivity index (χ2n) is 6.23. The molecule has 2 aromatic rings. The van der Waals surface area contributed by atoms with E-state index in [0.29, 0.717) is 49.1 Å². The summed E-state index contributed by atoms with van der Waals surface area (Å²) in [6.07, 6.45) is 3.31. The number of aromatic amines is 1. The van der Waals surface area contributed by atoms with Crippen molar-refractivity contribution in [2.24, 2.45) is 0 Å². The molecule has 3 rings (SSSR count). The van der Waals surface area contributed by atoms with Crippen molar-refractivity contribution in [3.05, 3.63) is 41.5 Å². The zero-order chi connectivity index (χ0) is 18.0. The average Bonchev–Trinajstić information content (AvgIpc) is 3.15. The summed E-state index contributed by atoms with van der Waals surface area (Å²) in [6.45, 7) is 3.84. The SMILES string of the molecule is Cc1nc(N(C)C)ncc1C(=O)N1CCN(C(=O)c2ccc[nH]2)CC1. The van der Waals surface area contributed by atoms with Gasteiger partial charge in [0.25, 0.3) is 11.8 Å². The topological polar surface area (TPSA) is 85.4 Å². The lowest BCUT2D eigenvalue weighted by atomic mass is 10.2. The van der Waals surface area contributed by atoms with Gasteiger partial charge in [0, 0.05) is 52.7 Å². The van der Waals surface area contributed by atoms with Gasteiger partial charge in [0.2, 0.25) is 5.95 Å². The fourth-order valence-corrected chi connectivity index (χ4v) is 2.80. The van der Waals surface area contributed by atoms with E-state index in [1.165, 1.54) is 0 Å². The van der Waals surface area contributed by atoms with Crippen LogP contribution in [0.25, 0.3) is 0 Å². The van der Waals surface area contributed by atoms with E-state index >= 15 is 0 Å². The van der Waals surface area contributed by atoms with Gasteiger partial charge < -0.3 is 19.7 Å². The summed E-state index contributed by atoms with van der Waals surface area (Å²) < 4.78 is 0. The van der Waals surface area contributed by atoms with E-state index in [4.69, 9.17) is 0 Å². The maximum atomic E-state index is 12.7. The van der Waals surface area contributed by atoms with Crippen molar-refractivity contribution in [2.45, 2.75) is 6.92 Å². The maximum absolute atomic E-state index is 12.7. The summed E-state index contributed by atoms with van der Waals surface area (Å²) in [6, 6.07) is 3.56. The third kappa shape index (κ3) is 3.47. The van der Waals surface area contributed by atoms with Crippen LogP contribution in [0, 0.1) is 6.92 Å². The van der Waals surface area contributed by atoms with Gasteiger partial charge in [-0.3, -0.25) is 9.59 Å². The Morgan fingerprint density at radius 3 is 2.28 bits per heavy atom. The molecule has 0 saturated carbocycles. The molecule has 1 N–H and O–H groups in total. The van der Waals surface area contributed by atoms with Gasteiger partial charge in [-0.25, -0.2) is 9.97 Å². The van der Waals surface area contributed by atoms with Crippen LogP contribution in [0.2, 0.25) is 0 Å². The first-order valence-corrected chi connectivity index (χ1v) is 8.20. The molecule has 0 spiro atoms. The number of hydrogen-bond donors (Lipinski definition) is 1. The number of piperazine rings is 1. The molecule has 0 unspecified atom stereocenters. The summed E-state index contributed by atoms with van der Waals surface area (Å²) >= 11 is 0. The molecule has 0 radical (unpaired) electrons. The van der Waals surface area contributed by atoms with Gasteiger partial charge in [-0.15, -0.1) is 0 Å². The van der Waals surface area contributed by atoms with Crippen LogP contribution >= 0.6 is 0 Å². The second kappa shape index (κ2) is 6.92. The Balaban J connectivity index is 1.65. The number of aryl methyl sites for hydroxylation is 1. The fraction of sp³-hybridized carbons (Fsp3) is 0.412. The first-order chi connectivity index (χ1) is 12.0. The number of H-pyrrole nitrogens is 1. The van der Waals surface area contributed by atoms with E-state index in [1.807, 2.05) is 21.0 Å². The number of anilines is 1. The number of amides is 2. The predicted octanol–water partition coefficient (Wildman–Crippen LogP) is 0.777. The molecular weight excluding hydrogens is 320 g/mol. The third-order valence-corrected chi connectivity index (χ3v) is 4.28. The molecule has 2 aromatic heterocycles. The van der Waals surface area contributed by atoms with Crippen LogP contribution in [-0.2, 0) is 0 Å². The Morgan fingerprint density at radius 2 is 1.76 bits per heavy atom. The van der Waals surface area contributed by atoms with Crippen LogP contribution in [-0.4, -0.2) is 76.8 Å². The Bertz CT molecular complexity index is 763. The van der Waals surface area contributed by atoms with Crippen molar-refractivity contribution < 1.29 is 9.59 Å². The predicted molar refractivity (Wildman–Crippen MR) is 93.7 cm³/mol. The Morgan fingerprint density at radius 1 is 1.12 bits per heavy atom. The standard InChI is InChI=1S/C17H22N6O2/c1-12-13(11-19-17(20-12)21(2)3)15(24)22-7-9-23(10-8-22)16(25)14-5-4-6-18-14/h4-6,11,18H,7-10H2,1-3H3. The maximum Gasteiger partial charge on any atom is 0.270 e. The molecule has 1 aliphatic rings. The Labute approximate surface area is 146 Å². The minimum atomic E-state index is -0.0882. The zero-order valence-electron chi connectivity index (χ0n) is 14.7. The van der Waals surface area contributed by atoms with Crippen LogP contribution in [0.4, 0.5) is 5.95 Å². The van der Waals surface area contributed by atoms with E-state index in [9.17, 15) is 9.59 Å². The molecule has 25 heavy (non-hydrogen) atoms. The first-order valence-electron chi connectivity index (χ1n) is 8.20. The number of carbonyl (C=O) groups excluding carboxylic acids is 2. The van der Waals surface area contributed by atoms with Crippen molar-refractivity contribution >= 4 is 17.8 Å². The molecule has 1 aliphatic heterocycles. The van der Waals surface area contributed by atoms with Crippen LogP contribution in [0.3, 0.4) is 0 Å². The average molecular weight is 342 g/mol. The number of nitrogens with one attached hydrogen (secondary N) is 1. The van der Waals surface area contributed by atoms with Crippen molar-refractivity contribution in [2.75, 3.05) is 45.2 Å². The largest absolute Gasteiger partial charge is 0.357 e. The smallest absolute Gasteiger partial charge is 0.270 e. The lowest BCUT2D eigenvalue weighted by Gasteiger charge is -2.34. The summed E-state index contributed by atoms with van der Waals surface area (Å²) in [4.78, 5) is 41.9. The van der Waals surface area contributed by atoms with Gasteiger partial charge in [-0.1, -0.05) is 0 Å². The summed E-state index contributed by atoms with van der Waals surface area (Å²) in [7, 11) is 3.72. The number of aromatic nitrogens is 3. The molecule has 8 heteroatoms.